The predicted molar refractivity (Wildman–Crippen MR) is 82.5 cm³/mol. The molecule has 2 aromatic carbocycles. The molecule has 0 spiro atoms. The molecular weight excluding hydrogens is 313 g/mol. The van der Waals surface area contributed by atoms with Crippen LogP contribution in [-0.2, 0) is 9.63 Å². The Morgan fingerprint density at radius 2 is 1.58 bits per heavy atom. The number of rotatable bonds is 4. The number of nitrogens with zero attached hydrogens (tertiary/aromatic N) is 1. The average Bonchev–Trinajstić information content (AvgIpc) is 2.83. The van der Waals surface area contributed by atoms with Gasteiger partial charge in [-0.2, -0.15) is 0 Å². The number of fused-ring (bicyclic) bond motifs is 1. The fourth-order valence-electron chi connectivity index (χ4n) is 2.64. The molecule has 0 bridgehead atoms. The normalized spacial score (nSPS) is 14.5. The van der Waals surface area contributed by atoms with Gasteiger partial charge in [0.15, 0.2) is 0 Å². The molecule has 0 fully saturated rings. The summed E-state index contributed by atoms with van der Waals surface area (Å²) in [5.41, 5.74) is 0.954. The van der Waals surface area contributed by atoms with Crippen molar-refractivity contribution >= 4 is 17.8 Å². The molecule has 6 heteroatoms. The van der Waals surface area contributed by atoms with Crippen LogP contribution in [0.5, 0.6) is 0 Å². The molecule has 24 heavy (non-hydrogen) atoms. The summed E-state index contributed by atoms with van der Waals surface area (Å²) in [5.74, 6) is -3.19. The van der Waals surface area contributed by atoms with Crippen LogP contribution in [-0.4, -0.2) is 22.8 Å². The van der Waals surface area contributed by atoms with Gasteiger partial charge in [-0.3, -0.25) is 9.59 Å². The molecule has 2 amide bonds. The Morgan fingerprint density at radius 3 is 2.08 bits per heavy atom. The van der Waals surface area contributed by atoms with Gasteiger partial charge in [0.2, 0.25) is 0 Å². The van der Waals surface area contributed by atoms with Crippen LogP contribution < -0.4 is 0 Å². The topological polar surface area (TPSA) is 63.7 Å². The van der Waals surface area contributed by atoms with E-state index < -0.39 is 29.5 Å². The highest BCUT2D eigenvalue weighted by molar-refractivity contribution is 6.20. The van der Waals surface area contributed by atoms with E-state index in [9.17, 15) is 18.8 Å². The summed E-state index contributed by atoms with van der Waals surface area (Å²) in [6, 6.07) is 11.7. The largest absolute Gasteiger partial charge is 0.340 e. The first kappa shape index (κ1) is 15.9. The summed E-state index contributed by atoms with van der Waals surface area (Å²) in [5, 5.41) is 0.485. The maximum absolute atomic E-state index is 13.0. The highest BCUT2D eigenvalue weighted by Crippen LogP contribution is 2.26. The van der Waals surface area contributed by atoms with E-state index in [1.807, 2.05) is 0 Å². The zero-order chi connectivity index (χ0) is 17.3. The number of carbonyl (C=O) groups excluding carboxylic acids is 3. The molecular formula is C18H14FNO4. The van der Waals surface area contributed by atoms with Crippen molar-refractivity contribution in [2.45, 2.75) is 19.3 Å². The van der Waals surface area contributed by atoms with Crippen LogP contribution in [0.25, 0.3) is 0 Å². The summed E-state index contributed by atoms with van der Waals surface area (Å²) in [4.78, 5) is 41.9. The second-order valence-corrected chi connectivity index (χ2v) is 5.37. The molecule has 0 radical (unpaired) electrons. The number of halogens is 1. The smallest absolute Gasteiger partial charge is 0.329 e. The van der Waals surface area contributed by atoms with E-state index >= 15 is 0 Å². The molecule has 1 atom stereocenters. The molecule has 0 aromatic heterocycles. The summed E-state index contributed by atoms with van der Waals surface area (Å²) in [7, 11) is 0. The third-order valence-electron chi connectivity index (χ3n) is 3.90. The highest BCUT2D eigenvalue weighted by Gasteiger charge is 2.39. The molecule has 1 unspecified atom stereocenters. The monoisotopic (exact) mass is 327 g/mol. The Morgan fingerprint density at radius 1 is 1.04 bits per heavy atom. The lowest BCUT2D eigenvalue weighted by Crippen LogP contribution is -2.34. The molecule has 0 N–H and O–H groups in total. The first-order chi connectivity index (χ1) is 11.5. The second-order valence-electron chi connectivity index (χ2n) is 5.37. The van der Waals surface area contributed by atoms with Crippen molar-refractivity contribution in [1.29, 1.82) is 0 Å². The minimum absolute atomic E-state index is 0.199. The van der Waals surface area contributed by atoms with Crippen LogP contribution >= 0.6 is 0 Å². The van der Waals surface area contributed by atoms with Crippen LogP contribution in [0, 0.1) is 5.82 Å². The van der Waals surface area contributed by atoms with Gasteiger partial charge >= 0.3 is 5.97 Å². The lowest BCUT2D eigenvalue weighted by Gasteiger charge is -2.18. The first-order valence-corrected chi connectivity index (χ1v) is 7.48. The van der Waals surface area contributed by atoms with Gasteiger partial charge in [0.1, 0.15) is 5.82 Å². The van der Waals surface area contributed by atoms with Gasteiger partial charge in [-0.15, -0.1) is 0 Å². The van der Waals surface area contributed by atoms with E-state index in [0.29, 0.717) is 17.0 Å². The maximum Gasteiger partial charge on any atom is 0.340 e. The zero-order valence-corrected chi connectivity index (χ0v) is 12.9. The third-order valence-corrected chi connectivity index (χ3v) is 3.90. The number of hydrogen-bond acceptors (Lipinski definition) is 4. The van der Waals surface area contributed by atoms with Crippen molar-refractivity contribution in [1.82, 2.24) is 5.06 Å². The first-order valence-electron chi connectivity index (χ1n) is 7.48. The van der Waals surface area contributed by atoms with Gasteiger partial charge in [0, 0.05) is 0 Å². The Kier molecular flexibility index (Phi) is 4.12. The molecule has 3 rings (SSSR count). The van der Waals surface area contributed by atoms with Crippen LogP contribution in [0.4, 0.5) is 4.39 Å². The summed E-state index contributed by atoms with van der Waals surface area (Å²) >= 11 is 0. The van der Waals surface area contributed by atoms with E-state index in [4.69, 9.17) is 4.84 Å². The minimum Gasteiger partial charge on any atom is -0.329 e. The van der Waals surface area contributed by atoms with Gasteiger partial charge in [-0.05, 0) is 36.2 Å². The van der Waals surface area contributed by atoms with Gasteiger partial charge in [0.25, 0.3) is 11.8 Å². The van der Waals surface area contributed by atoms with E-state index in [1.54, 1.807) is 19.1 Å². The van der Waals surface area contributed by atoms with E-state index in [-0.39, 0.29) is 11.1 Å². The number of hydroxylamine groups is 2. The number of hydrogen-bond donors (Lipinski definition) is 0. The van der Waals surface area contributed by atoms with Crippen LogP contribution in [0.1, 0.15) is 45.5 Å². The predicted octanol–water partition coefficient (Wildman–Crippen LogP) is 3.07. The molecule has 1 aliphatic rings. The second kappa shape index (κ2) is 6.23. The van der Waals surface area contributed by atoms with E-state index in [2.05, 4.69) is 0 Å². The fraction of sp³-hybridized carbons (Fsp3) is 0.167. The van der Waals surface area contributed by atoms with Crippen molar-refractivity contribution in [3.05, 3.63) is 71.0 Å². The van der Waals surface area contributed by atoms with Crippen LogP contribution in [0.2, 0.25) is 0 Å². The lowest BCUT2D eigenvalue weighted by atomic mass is 9.97. The van der Waals surface area contributed by atoms with Gasteiger partial charge < -0.3 is 4.84 Å². The number of benzene rings is 2. The van der Waals surface area contributed by atoms with Crippen molar-refractivity contribution < 1.29 is 23.6 Å². The Hall–Kier alpha value is -3.02. The van der Waals surface area contributed by atoms with Gasteiger partial charge in [-0.25, -0.2) is 9.18 Å². The Labute approximate surface area is 137 Å². The van der Waals surface area contributed by atoms with Crippen LogP contribution in [0.15, 0.2) is 48.5 Å². The molecule has 1 aliphatic heterocycles. The Bertz CT molecular complexity index is 781. The van der Waals surface area contributed by atoms with Crippen molar-refractivity contribution in [2.24, 2.45) is 0 Å². The van der Waals surface area contributed by atoms with Gasteiger partial charge in [-0.1, -0.05) is 36.3 Å². The standard InChI is InChI=1S/C18H14FNO4/c1-2-13(11-7-9-12(19)10-8-11)18(23)24-20-16(21)14-5-3-4-6-15(14)17(20)22/h3-10,13H,2H2,1H3. The summed E-state index contributed by atoms with van der Waals surface area (Å²) in [6.07, 6.45) is 0.383. The van der Waals surface area contributed by atoms with Crippen molar-refractivity contribution in [3.8, 4) is 0 Å². The minimum atomic E-state index is -0.737. The lowest BCUT2D eigenvalue weighted by molar-refractivity contribution is -0.170. The highest BCUT2D eigenvalue weighted by atomic mass is 19.1. The summed E-state index contributed by atoms with van der Waals surface area (Å²) in [6.45, 7) is 1.76. The Balaban J connectivity index is 1.81. The fourth-order valence-corrected chi connectivity index (χ4v) is 2.64. The van der Waals surface area contributed by atoms with Crippen molar-refractivity contribution in [2.75, 3.05) is 0 Å². The molecule has 2 aromatic rings. The maximum atomic E-state index is 13.0. The number of carbonyl (C=O) groups is 3. The number of amides is 2. The third kappa shape index (κ3) is 2.67. The van der Waals surface area contributed by atoms with Crippen LogP contribution in [0.3, 0.4) is 0 Å². The zero-order valence-electron chi connectivity index (χ0n) is 12.9. The van der Waals surface area contributed by atoms with Crippen molar-refractivity contribution in [3.63, 3.8) is 0 Å². The average molecular weight is 327 g/mol. The molecule has 1 heterocycles. The molecule has 5 nitrogen and oxygen atoms in total. The quantitative estimate of drug-likeness (QED) is 0.810. The summed E-state index contributed by atoms with van der Waals surface area (Å²) < 4.78 is 13.0. The van der Waals surface area contributed by atoms with Gasteiger partial charge in [0.05, 0.1) is 17.0 Å². The molecule has 122 valence electrons. The van der Waals surface area contributed by atoms with E-state index in [1.165, 1.54) is 36.4 Å². The van der Waals surface area contributed by atoms with E-state index in [0.717, 1.165) is 0 Å². The number of imide groups is 1. The molecule has 0 aliphatic carbocycles. The SMILES string of the molecule is CCC(C(=O)ON1C(=O)c2ccccc2C1=O)c1ccc(F)cc1. The molecule has 0 saturated heterocycles. The molecule has 0 saturated carbocycles.